The van der Waals surface area contributed by atoms with E-state index < -0.39 is 23.5 Å². The largest absolute Gasteiger partial charge is 0.469 e. The lowest BCUT2D eigenvalue weighted by Crippen LogP contribution is -2.32. The number of carbonyl (C=O) groups excluding carboxylic acids is 1. The van der Waals surface area contributed by atoms with Crippen molar-refractivity contribution in [2.75, 3.05) is 13.7 Å². The van der Waals surface area contributed by atoms with Crippen LogP contribution in [0.5, 0.6) is 0 Å². The second-order valence-corrected chi connectivity index (χ2v) is 3.15. The van der Waals surface area contributed by atoms with Crippen LogP contribution in [0.15, 0.2) is 0 Å². The maximum atomic E-state index is 12.2. The molecule has 1 fully saturated rings. The van der Waals surface area contributed by atoms with Gasteiger partial charge < -0.3 is 10.5 Å². The van der Waals surface area contributed by atoms with Crippen molar-refractivity contribution in [1.29, 1.82) is 0 Å². The highest BCUT2D eigenvalue weighted by Crippen LogP contribution is 2.60. The predicted octanol–water partition coefficient (Wildman–Crippen LogP) is 1.11. The van der Waals surface area contributed by atoms with Crippen LogP contribution in [0.4, 0.5) is 13.2 Å². The van der Waals surface area contributed by atoms with E-state index in [1.54, 1.807) is 0 Å². The summed E-state index contributed by atoms with van der Waals surface area (Å²) in [5.41, 5.74) is 3.62. The molecule has 0 saturated heterocycles. The van der Waals surface area contributed by atoms with Crippen LogP contribution in [0.2, 0.25) is 0 Å². The number of nitrogens with two attached hydrogens (primary N) is 1. The number of hydrogen-bond donors (Lipinski definition) is 1. The van der Waals surface area contributed by atoms with Gasteiger partial charge in [-0.05, 0) is 6.42 Å². The Morgan fingerprint density at radius 3 is 2.36 bits per heavy atom. The Morgan fingerprint density at radius 2 is 2.14 bits per heavy atom. The molecule has 14 heavy (non-hydrogen) atoms. The number of methoxy groups -OCH3 is 1. The number of alkyl halides is 3. The van der Waals surface area contributed by atoms with Crippen molar-refractivity contribution >= 4 is 18.4 Å². The molecule has 0 aromatic carbocycles. The monoisotopic (exact) mass is 233 g/mol. The minimum absolute atomic E-state index is 0. The summed E-state index contributed by atoms with van der Waals surface area (Å²) in [4.78, 5) is 11.0. The lowest BCUT2D eigenvalue weighted by Gasteiger charge is -2.13. The van der Waals surface area contributed by atoms with E-state index in [1.807, 2.05) is 0 Å². The molecule has 0 amide bonds. The van der Waals surface area contributed by atoms with Gasteiger partial charge in [0.15, 0.2) is 0 Å². The molecule has 1 saturated carbocycles. The maximum absolute atomic E-state index is 12.2. The van der Waals surface area contributed by atoms with Crippen LogP contribution in [0.1, 0.15) is 6.42 Å². The fourth-order valence-corrected chi connectivity index (χ4v) is 1.47. The fourth-order valence-electron chi connectivity index (χ4n) is 1.47. The molecule has 0 aromatic rings. The molecule has 7 heteroatoms. The average Bonchev–Trinajstić information content (AvgIpc) is 2.78. The van der Waals surface area contributed by atoms with Gasteiger partial charge in [-0.25, -0.2) is 0 Å². The standard InChI is InChI=1S/C7H10F3NO2.ClH/c1-13-5(12)6(3-11)2-4(6)7(8,9)10;/h4H,2-3,11H2,1H3;1H/t4-,6+;/m0./s1. The molecular weight excluding hydrogens is 223 g/mol. The van der Waals surface area contributed by atoms with E-state index in [0.717, 1.165) is 7.11 Å². The smallest absolute Gasteiger partial charge is 0.393 e. The highest BCUT2D eigenvalue weighted by molar-refractivity contribution is 5.85. The Kier molecular flexibility index (Phi) is 3.80. The second kappa shape index (κ2) is 3.94. The minimum atomic E-state index is -4.35. The summed E-state index contributed by atoms with van der Waals surface area (Å²) in [6, 6.07) is 0. The third kappa shape index (κ3) is 1.95. The van der Waals surface area contributed by atoms with Gasteiger partial charge >= 0.3 is 12.1 Å². The van der Waals surface area contributed by atoms with Gasteiger partial charge in [0.25, 0.3) is 0 Å². The quantitative estimate of drug-likeness (QED) is 0.727. The molecule has 2 N–H and O–H groups in total. The molecule has 0 aromatic heterocycles. The Hall–Kier alpha value is -0.490. The van der Waals surface area contributed by atoms with Crippen LogP contribution in [0, 0.1) is 11.3 Å². The van der Waals surface area contributed by atoms with Crippen LogP contribution in [0.3, 0.4) is 0 Å². The highest BCUT2D eigenvalue weighted by Gasteiger charge is 2.70. The van der Waals surface area contributed by atoms with Gasteiger partial charge in [0.1, 0.15) is 0 Å². The normalized spacial score (nSPS) is 30.5. The van der Waals surface area contributed by atoms with Crippen molar-refractivity contribution in [3.63, 3.8) is 0 Å². The molecule has 1 rings (SSSR count). The van der Waals surface area contributed by atoms with Crippen molar-refractivity contribution < 1.29 is 22.7 Å². The van der Waals surface area contributed by atoms with Crippen molar-refractivity contribution in [3.05, 3.63) is 0 Å². The molecule has 84 valence electrons. The Bertz CT molecular complexity index is 233. The van der Waals surface area contributed by atoms with E-state index >= 15 is 0 Å². The lowest BCUT2D eigenvalue weighted by molar-refractivity contribution is -0.169. The molecule has 2 atom stereocenters. The first-order chi connectivity index (χ1) is 5.88. The van der Waals surface area contributed by atoms with Gasteiger partial charge in [0.2, 0.25) is 0 Å². The molecule has 0 spiro atoms. The van der Waals surface area contributed by atoms with Crippen molar-refractivity contribution in [3.8, 4) is 0 Å². The third-order valence-electron chi connectivity index (χ3n) is 2.43. The van der Waals surface area contributed by atoms with Gasteiger partial charge in [-0.3, -0.25) is 4.79 Å². The fraction of sp³-hybridized carbons (Fsp3) is 0.857. The Morgan fingerprint density at radius 1 is 1.64 bits per heavy atom. The van der Waals surface area contributed by atoms with Crippen LogP contribution in [-0.2, 0) is 9.53 Å². The number of ether oxygens (including phenoxy) is 1. The first kappa shape index (κ1) is 13.5. The molecule has 0 bridgehead atoms. The molecule has 0 heterocycles. The molecule has 1 aliphatic carbocycles. The first-order valence-electron chi connectivity index (χ1n) is 3.73. The van der Waals surface area contributed by atoms with E-state index in [4.69, 9.17) is 5.73 Å². The summed E-state index contributed by atoms with van der Waals surface area (Å²) < 4.78 is 40.7. The van der Waals surface area contributed by atoms with Gasteiger partial charge in [-0.2, -0.15) is 13.2 Å². The third-order valence-corrected chi connectivity index (χ3v) is 2.43. The second-order valence-electron chi connectivity index (χ2n) is 3.15. The molecule has 0 unspecified atom stereocenters. The summed E-state index contributed by atoms with van der Waals surface area (Å²) in [7, 11) is 1.06. The molecule has 0 aliphatic heterocycles. The predicted molar refractivity (Wildman–Crippen MR) is 44.9 cm³/mol. The minimum Gasteiger partial charge on any atom is -0.469 e. The van der Waals surface area contributed by atoms with E-state index in [1.165, 1.54) is 0 Å². The van der Waals surface area contributed by atoms with E-state index in [-0.39, 0.29) is 25.4 Å². The molecular formula is C7H11ClF3NO2. The average molecular weight is 234 g/mol. The molecule has 0 radical (unpaired) electrons. The summed E-state index contributed by atoms with van der Waals surface area (Å²) in [6.07, 6.45) is -4.60. The number of hydrogen-bond acceptors (Lipinski definition) is 3. The SMILES string of the molecule is COC(=O)[C@@]1(CN)C[C@@H]1C(F)(F)F.Cl. The maximum Gasteiger partial charge on any atom is 0.393 e. The zero-order chi connectivity index (χ0) is 10.3. The topological polar surface area (TPSA) is 52.3 Å². The van der Waals surface area contributed by atoms with E-state index in [9.17, 15) is 18.0 Å². The summed E-state index contributed by atoms with van der Waals surface area (Å²) >= 11 is 0. The van der Waals surface area contributed by atoms with Gasteiger partial charge in [0.05, 0.1) is 18.4 Å². The lowest BCUT2D eigenvalue weighted by atomic mass is 10.0. The van der Waals surface area contributed by atoms with Crippen LogP contribution < -0.4 is 5.73 Å². The zero-order valence-corrected chi connectivity index (χ0v) is 8.24. The summed E-state index contributed by atoms with van der Waals surface area (Å²) in [5.74, 6) is -2.49. The van der Waals surface area contributed by atoms with Crippen LogP contribution in [-0.4, -0.2) is 25.8 Å². The van der Waals surface area contributed by atoms with E-state index in [2.05, 4.69) is 4.74 Å². The molecule has 1 aliphatic rings. The van der Waals surface area contributed by atoms with Crippen molar-refractivity contribution in [2.24, 2.45) is 17.1 Å². The zero-order valence-electron chi connectivity index (χ0n) is 7.43. The van der Waals surface area contributed by atoms with Gasteiger partial charge in [0, 0.05) is 6.54 Å². The molecule has 3 nitrogen and oxygen atoms in total. The number of rotatable bonds is 2. The first-order valence-corrected chi connectivity index (χ1v) is 3.73. The number of carbonyl (C=O) groups is 1. The van der Waals surface area contributed by atoms with Gasteiger partial charge in [-0.15, -0.1) is 12.4 Å². The summed E-state index contributed by atoms with van der Waals surface area (Å²) in [5, 5.41) is 0. The Labute approximate surface area is 85.2 Å². The van der Waals surface area contributed by atoms with Crippen LogP contribution >= 0.6 is 12.4 Å². The van der Waals surface area contributed by atoms with Crippen molar-refractivity contribution in [1.82, 2.24) is 0 Å². The van der Waals surface area contributed by atoms with E-state index in [0.29, 0.717) is 0 Å². The Balaban J connectivity index is 0.00000169. The highest BCUT2D eigenvalue weighted by atomic mass is 35.5. The number of halogens is 4. The van der Waals surface area contributed by atoms with Crippen LogP contribution in [0.25, 0.3) is 0 Å². The number of esters is 1. The van der Waals surface area contributed by atoms with Gasteiger partial charge in [-0.1, -0.05) is 0 Å². The van der Waals surface area contributed by atoms with Crippen molar-refractivity contribution in [2.45, 2.75) is 12.6 Å². The summed E-state index contributed by atoms with van der Waals surface area (Å²) in [6.45, 7) is -0.316.